The highest BCUT2D eigenvalue weighted by Gasteiger charge is 2.24. The predicted molar refractivity (Wildman–Crippen MR) is 117 cm³/mol. The van der Waals surface area contributed by atoms with E-state index in [-0.39, 0.29) is 12.5 Å². The van der Waals surface area contributed by atoms with E-state index >= 15 is 0 Å². The van der Waals surface area contributed by atoms with E-state index < -0.39 is 0 Å². The van der Waals surface area contributed by atoms with Gasteiger partial charge in [0, 0.05) is 36.7 Å². The van der Waals surface area contributed by atoms with Gasteiger partial charge in [0.15, 0.2) is 6.61 Å². The monoisotopic (exact) mass is 424 g/mol. The van der Waals surface area contributed by atoms with E-state index in [4.69, 9.17) is 9.47 Å². The summed E-state index contributed by atoms with van der Waals surface area (Å²) < 4.78 is 11.1. The number of methoxy groups -OCH3 is 1. The van der Waals surface area contributed by atoms with Gasteiger partial charge in [-0.2, -0.15) is 0 Å². The van der Waals surface area contributed by atoms with Crippen molar-refractivity contribution in [1.82, 2.24) is 14.9 Å². The third-order valence-electron chi connectivity index (χ3n) is 5.87. The number of carbonyl (C=O) groups excluding carboxylic acids is 1. The number of rotatable bonds is 5. The van der Waals surface area contributed by atoms with E-state index in [9.17, 15) is 4.79 Å². The van der Waals surface area contributed by atoms with Crippen molar-refractivity contribution in [3.8, 4) is 11.6 Å². The smallest absolute Gasteiger partial charge is 0.260 e. The number of carbonyl (C=O) groups is 1. The molecule has 2 aliphatic rings. The van der Waals surface area contributed by atoms with Crippen LogP contribution in [0.2, 0.25) is 0 Å². The van der Waals surface area contributed by atoms with Crippen LogP contribution in [0.5, 0.6) is 11.6 Å². The van der Waals surface area contributed by atoms with Gasteiger partial charge in [0.2, 0.25) is 5.88 Å². The highest BCUT2D eigenvalue weighted by molar-refractivity contribution is 7.18. The molecular weight excluding hydrogens is 400 g/mol. The van der Waals surface area contributed by atoms with Crippen molar-refractivity contribution in [3.63, 3.8) is 0 Å². The normalized spacial score (nSPS) is 16.0. The number of aryl methyl sites for hydroxylation is 2. The molecule has 30 heavy (non-hydrogen) atoms. The van der Waals surface area contributed by atoms with Gasteiger partial charge in [-0.1, -0.05) is 0 Å². The van der Waals surface area contributed by atoms with E-state index in [1.54, 1.807) is 18.4 Å². The first-order valence-electron chi connectivity index (χ1n) is 10.3. The maximum Gasteiger partial charge on any atom is 0.260 e. The van der Waals surface area contributed by atoms with Crippen molar-refractivity contribution in [2.45, 2.75) is 19.3 Å². The minimum atomic E-state index is 0.00279. The Morgan fingerprint density at radius 3 is 2.67 bits per heavy atom. The summed E-state index contributed by atoms with van der Waals surface area (Å²) in [6, 6.07) is 8.03. The average molecular weight is 425 g/mol. The van der Waals surface area contributed by atoms with Crippen LogP contribution in [0.1, 0.15) is 16.9 Å². The molecule has 7 nitrogen and oxygen atoms in total. The molecule has 1 aliphatic heterocycles. The first kappa shape index (κ1) is 19.1. The first-order valence-corrected chi connectivity index (χ1v) is 11.1. The van der Waals surface area contributed by atoms with Crippen LogP contribution in [0.15, 0.2) is 30.6 Å². The van der Waals surface area contributed by atoms with Gasteiger partial charge in [0.05, 0.1) is 12.5 Å². The number of thiophene rings is 1. The Balaban J connectivity index is 1.20. The lowest BCUT2D eigenvalue weighted by Gasteiger charge is -2.36. The van der Waals surface area contributed by atoms with Crippen molar-refractivity contribution in [1.29, 1.82) is 0 Å². The molecule has 1 saturated heterocycles. The standard InChI is InChI=1S/C22H24N4O3S/c1-28-16-7-5-15(6-8-16)25-9-11-26(12-10-25)19(27)13-29-21-20-17-3-2-4-18(17)30-22(20)24-14-23-21/h5-8,14H,2-4,9-13H2,1H3. The summed E-state index contributed by atoms with van der Waals surface area (Å²) in [7, 11) is 1.67. The van der Waals surface area contributed by atoms with Crippen LogP contribution >= 0.6 is 11.3 Å². The molecule has 0 unspecified atom stereocenters. The fraction of sp³-hybridized carbons (Fsp3) is 0.409. The molecule has 0 atom stereocenters. The molecule has 1 aromatic carbocycles. The SMILES string of the molecule is COc1ccc(N2CCN(C(=O)COc3ncnc4sc5c(c34)CCC5)CC2)cc1. The average Bonchev–Trinajstić information content (AvgIpc) is 3.39. The van der Waals surface area contributed by atoms with Crippen LogP contribution in [0, 0.1) is 0 Å². The van der Waals surface area contributed by atoms with Gasteiger partial charge < -0.3 is 19.3 Å². The quantitative estimate of drug-likeness (QED) is 0.627. The lowest BCUT2D eigenvalue weighted by atomic mass is 10.2. The first-order chi connectivity index (χ1) is 14.7. The number of piperazine rings is 1. The molecule has 3 heterocycles. The second-order valence-electron chi connectivity index (χ2n) is 7.57. The van der Waals surface area contributed by atoms with Gasteiger partial charge in [-0.15, -0.1) is 11.3 Å². The molecule has 0 radical (unpaired) electrons. The van der Waals surface area contributed by atoms with E-state index in [1.165, 1.54) is 23.2 Å². The lowest BCUT2D eigenvalue weighted by molar-refractivity contribution is -0.133. The molecule has 1 aliphatic carbocycles. The third-order valence-corrected chi connectivity index (χ3v) is 7.07. The number of nitrogens with zero attached hydrogens (tertiary/aromatic N) is 4. The summed E-state index contributed by atoms with van der Waals surface area (Å²) >= 11 is 1.72. The Hall–Kier alpha value is -2.87. The number of aromatic nitrogens is 2. The summed E-state index contributed by atoms with van der Waals surface area (Å²) in [5, 5.41) is 1.01. The summed E-state index contributed by atoms with van der Waals surface area (Å²) in [5.74, 6) is 1.40. The Kier molecular flexibility index (Phi) is 5.16. The topological polar surface area (TPSA) is 67.8 Å². The third kappa shape index (κ3) is 3.56. The van der Waals surface area contributed by atoms with Gasteiger partial charge in [0.1, 0.15) is 16.9 Å². The molecule has 1 fully saturated rings. The van der Waals surface area contributed by atoms with Crippen molar-refractivity contribution in [3.05, 3.63) is 41.0 Å². The van der Waals surface area contributed by atoms with Gasteiger partial charge in [0.25, 0.3) is 5.91 Å². The second kappa shape index (κ2) is 8.10. The molecule has 0 bridgehead atoms. The maximum absolute atomic E-state index is 12.7. The fourth-order valence-electron chi connectivity index (χ4n) is 4.24. The molecule has 8 heteroatoms. The molecule has 3 aromatic rings. The van der Waals surface area contributed by atoms with Crippen molar-refractivity contribution in [2.24, 2.45) is 0 Å². The summed E-state index contributed by atoms with van der Waals surface area (Å²) in [4.78, 5) is 27.9. The molecule has 0 saturated carbocycles. The van der Waals surface area contributed by atoms with E-state index in [0.717, 1.165) is 47.6 Å². The Morgan fingerprint density at radius 2 is 1.90 bits per heavy atom. The Morgan fingerprint density at radius 1 is 1.10 bits per heavy atom. The number of anilines is 1. The second-order valence-corrected chi connectivity index (χ2v) is 8.65. The summed E-state index contributed by atoms with van der Waals surface area (Å²) in [6.45, 7) is 2.98. The lowest BCUT2D eigenvalue weighted by Crippen LogP contribution is -2.50. The highest BCUT2D eigenvalue weighted by Crippen LogP contribution is 2.39. The summed E-state index contributed by atoms with van der Waals surface area (Å²) in [6.07, 6.45) is 4.85. The fourth-order valence-corrected chi connectivity index (χ4v) is 5.46. The molecule has 2 aromatic heterocycles. The van der Waals surface area contributed by atoms with Crippen molar-refractivity contribution >= 4 is 33.1 Å². The number of benzene rings is 1. The molecule has 1 amide bonds. The molecular formula is C22H24N4O3S. The molecule has 156 valence electrons. The van der Waals surface area contributed by atoms with Crippen LogP contribution in [0.4, 0.5) is 5.69 Å². The number of hydrogen-bond donors (Lipinski definition) is 0. The van der Waals surface area contributed by atoms with Crippen molar-refractivity contribution < 1.29 is 14.3 Å². The molecule has 0 spiro atoms. The van der Waals surface area contributed by atoms with Crippen LogP contribution < -0.4 is 14.4 Å². The number of amides is 1. The molecule has 0 N–H and O–H groups in total. The van der Waals surface area contributed by atoms with Gasteiger partial charge in [-0.3, -0.25) is 4.79 Å². The van der Waals surface area contributed by atoms with Crippen LogP contribution in [-0.4, -0.2) is 60.7 Å². The largest absolute Gasteiger partial charge is 0.497 e. The zero-order valence-electron chi connectivity index (χ0n) is 17.0. The van der Waals surface area contributed by atoms with Crippen molar-refractivity contribution in [2.75, 3.05) is 44.8 Å². The molecule has 5 rings (SSSR count). The van der Waals surface area contributed by atoms with Gasteiger partial charge in [-0.05, 0) is 49.1 Å². The summed E-state index contributed by atoms with van der Waals surface area (Å²) in [5.41, 5.74) is 2.46. The Labute approximate surface area is 179 Å². The minimum absolute atomic E-state index is 0.00279. The highest BCUT2D eigenvalue weighted by atomic mass is 32.1. The van der Waals surface area contributed by atoms with Crippen LogP contribution in [0.3, 0.4) is 0 Å². The predicted octanol–water partition coefficient (Wildman–Crippen LogP) is 2.92. The zero-order valence-corrected chi connectivity index (χ0v) is 17.8. The number of fused-ring (bicyclic) bond motifs is 3. The van der Waals surface area contributed by atoms with E-state index in [2.05, 4.69) is 27.0 Å². The van der Waals surface area contributed by atoms with Crippen LogP contribution in [-0.2, 0) is 17.6 Å². The van der Waals surface area contributed by atoms with Crippen LogP contribution in [0.25, 0.3) is 10.2 Å². The van der Waals surface area contributed by atoms with Gasteiger partial charge >= 0.3 is 0 Å². The van der Waals surface area contributed by atoms with Gasteiger partial charge in [-0.25, -0.2) is 9.97 Å². The Bertz CT molecular complexity index is 1060. The number of hydrogen-bond acceptors (Lipinski definition) is 7. The minimum Gasteiger partial charge on any atom is -0.497 e. The zero-order chi connectivity index (χ0) is 20.5. The maximum atomic E-state index is 12.7. The number of ether oxygens (including phenoxy) is 2. The van der Waals surface area contributed by atoms with E-state index in [1.807, 2.05) is 17.0 Å². The van der Waals surface area contributed by atoms with E-state index in [0.29, 0.717) is 19.0 Å².